The van der Waals surface area contributed by atoms with E-state index in [9.17, 15) is 18.0 Å². The molecule has 3 heterocycles. The number of amides is 1. The van der Waals surface area contributed by atoms with Crippen LogP contribution < -0.4 is 5.32 Å². The third-order valence-corrected chi connectivity index (χ3v) is 3.68. The predicted molar refractivity (Wildman–Crippen MR) is 79.5 cm³/mol. The molecule has 0 atom stereocenters. The topological polar surface area (TPSA) is 85.3 Å². The molecule has 0 unspecified atom stereocenters. The SMILES string of the molecule is Cc1nc2nc(C(F)(F)F)nn2c(C)c1CC(=O)NCc1ccco1. The molecule has 0 aromatic carbocycles. The normalized spacial score (nSPS) is 11.9. The molecule has 0 bridgehead atoms. The molecule has 0 aliphatic carbocycles. The third kappa shape index (κ3) is 3.47. The molecule has 0 radical (unpaired) electrons. The molecule has 0 spiro atoms. The number of aryl methyl sites for hydroxylation is 2. The molecular weight excluding hydrogens is 339 g/mol. The minimum absolute atomic E-state index is 0.0392. The zero-order valence-corrected chi connectivity index (χ0v) is 13.4. The van der Waals surface area contributed by atoms with Gasteiger partial charge in [-0.3, -0.25) is 4.79 Å². The lowest BCUT2D eigenvalue weighted by atomic mass is 10.1. The summed E-state index contributed by atoms with van der Waals surface area (Å²) in [5, 5.41) is 6.13. The van der Waals surface area contributed by atoms with Crippen LogP contribution in [0.1, 0.15) is 28.5 Å². The van der Waals surface area contributed by atoms with Gasteiger partial charge in [0.15, 0.2) is 0 Å². The minimum Gasteiger partial charge on any atom is -0.467 e. The van der Waals surface area contributed by atoms with Crippen LogP contribution in [0, 0.1) is 13.8 Å². The third-order valence-electron chi connectivity index (χ3n) is 3.68. The molecule has 0 saturated carbocycles. The average molecular weight is 353 g/mol. The van der Waals surface area contributed by atoms with E-state index in [0.717, 1.165) is 4.52 Å². The fourth-order valence-electron chi connectivity index (χ4n) is 2.41. The molecule has 3 aromatic heterocycles. The second kappa shape index (κ2) is 6.19. The molecule has 7 nitrogen and oxygen atoms in total. The van der Waals surface area contributed by atoms with E-state index in [-0.39, 0.29) is 24.7 Å². The van der Waals surface area contributed by atoms with Crippen molar-refractivity contribution in [1.82, 2.24) is 24.9 Å². The maximum Gasteiger partial charge on any atom is 0.453 e. The van der Waals surface area contributed by atoms with Crippen LogP contribution in [-0.2, 0) is 23.9 Å². The van der Waals surface area contributed by atoms with Gasteiger partial charge in [0.05, 0.1) is 19.2 Å². The smallest absolute Gasteiger partial charge is 0.453 e. The fraction of sp³-hybridized carbons (Fsp3) is 0.333. The highest BCUT2D eigenvalue weighted by atomic mass is 19.4. The Kier molecular flexibility index (Phi) is 4.19. The van der Waals surface area contributed by atoms with Gasteiger partial charge in [-0.25, -0.2) is 9.50 Å². The zero-order valence-electron chi connectivity index (χ0n) is 13.4. The predicted octanol–water partition coefficient (Wildman–Crippen LogP) is 2.21. The highest BCUT2D eigenvalue weighted by molar-refractivity contribution is 5.79. The summed E-state index contributed by atoms with van der Waals surface area (Å²) in [7, 11) is 0. The summed E-state index contributed by atoms with van der Waals surface area (Å²) in [6, 6.07) is 3.43. The van der Waals surface area contributed by atoms with Crippen molar-refractivity contribution in [2.75, 3.05) is 0 Å². The largest absolute Gasteiger partial charge is 0.467 e. The van der Waals surface area contributed by atoms with Crippen LogP contribution >= 0.6 is 0 Å². The van der Waals surface area contributed by atoms with Gasteiger partial charge in [0.2, 0.25) is 5.91 Å². The maximum absolute atomic E-state index is 12.8. The highest BCUT2D eigenvalue weighted by Gasteiger charge is 2.37. The lowest BCUT2D eigenvalue weighted by molar-refractivity contribution is -0.144. The number of aromatic nitrogens is 4. The highest BCUT2D eigenvalue weighted by Crippen LogP contribution is 2.27. The van der Waals surface area contributed by atoms with Crippen LogP contribution in [-0.4, -0.2) is 25.5 Å². The number of alkyl halides is 3. The van der Waals surface area contributed by atoms with E-state index in [1.165, 1.54) is 6.26 Å². The number of nitrogens with one attached hydrogen (secondary N) is 1. The van der Waals surface area contributed by atoms with E-state index in [4.69, 9.17) is 4.42 Å². The van der Waals surface area contributed by atoms with E-state index in [0.29, 0.717) is 22.7 Å². The summed E-state index contributed by atoms with van der Waals surface area (Å²) in [5.41, 5.74) is 1.32. The Bertz CT molecular complexity index is 916. The van der Waals surface area contributed by atoms with Crippen LogP contribution in [0.2, 0.25) is 0 Å². The van der Waals surface area contributed by atoms with Crippen molar-refractivity contribution >= 4 is 11.7 Å². The Morgan fingerprint density at radius 1 is 1.32 bits per heavy atom. The summed E-state index contributed by atoms with van der Waals surface area (Å²) >= 11 is 0. The summed E-state index contributed by atoms with van der Waals surface area (Å²) in [4.78, 5) is 19.5. The van der Waals surface area contributed by atoms with Gasteiger partial charge in [0.1, 0.15) is 5.76 Å². The Balaban J connectivity index is 1.84. The van der Waals surface area contributed by atoms with Crippen LogP contribution in [0.5, 0.6) is 0 Å². The summed E-state index contributed by atoms with van der Waals surface area (Å²) < 4.78 is 44.4. The van der Waals surface area contributed by atoms with Gasteiger partial charge < -0.3 is 9.73 Å². The molecule has 0 aliphatic rings. The molecule has 1 N–H and O–H groups in total. The van der Waals surface area contributed by atoms with Gasteiger partial charge >= 0.3 is 6.18 Å². The number of rotatable bonds is 4. The van der Waals surface area contributed by atoms with Crippen molar-refractivity contribution in [3.63, 3.8) is 0 Å². The molecule has 10 heteroatoms. The van der Waals surface area contributed by atoms with Crippen LogP contribution in [0.15, 0.2) is 22.8 Å². The number of carbonyl (C=O) groups excluding carboxylic acids is 1. The fourth-order valence-corrected chi connectivity index (χ4v) is 2.41. The van der Waals surface area contributed by atoms with Crippen molar-refractivity contribution in [3.05, 3.63) is 46.9 Å². The molecular formula is C15H14F3N5O2. The molecule has 1 amide bonds. The lowest BCUT2D eigenvalue weighted by Crippen LogP contribution is -2.25. The van der Waals surface area contributed by atoms with Crippen molar-refractivity contribution in [2.24, 2.45) is 0 Å². The zero-order chi connectivity index (χ0) is 18.2. The Hall–Kier alpha value is -2.91. The molecule has 0 saturated heterocycles. The van der Waals surface area contributed by atoms with Crippen LogP contribution in [0.3, 0.4) is 0 Å². The Morgan fingerprint density at radius 3 is 2.72 bits per heavy atom. The first kappa shape index (κ1) is 16.9. The minimum atomic E-state index is -4.66. The Morgan fingerprint density at radius 2 is 2.08 bits per heavy atom. The molecule has 3 rings (SSSR count). The van der Waals surface area contributed by atoms with Gasteiger partial charge in [-0.1, -0.05) is 0 Å². The van der Waals surface area contributed by atoms with Crippen molar-refractivity contribution in [2.45, 2.75) is 33.0 Å². The van der Waals surface area contributed by atoms with Crippen LogP contribution in [0.25, 0.3) is 5.78 Å². The summed E-state index contributed by atoms with van der Waals surface area (Å²) in [6.07, 6.45) is -3.20. The molecule has 0 aliphatic heterocycles. The second-order valence-electron chi connectivity index (χ2n) is 5.44. The van der Waals surface area contributed by atoms with Crippen molar-refractivity contribution in [1.29, 1.82) is 0 Å². The number of hydrogen-bond donors (Lipinski definition) is 1. The van der Waals surface area contributed by atoms with Gasteiger partial charge in [-0.05, 0) is 26.0 Å². The van der Waals surface area contributed by atoms with E-state index in [2.05, 4.69) is 20.4 Å². The molecule has 25 heavy (non-hydrogen) atoms. The van der Waals surface area contributed by atoms with E-state index in [1.807, 2.05) is 0 Å². The average Bonchev–Trinajstić information content (AvgIpc) is 3.18. The van der Waals surface area contributed by atoms with Crippen LogP contribution in [0.4, 0.5) is 13.2 Å². The first-order chi connectivity index (χ1) is 11.8. The Labute approximate surface area is 139 Å². The number of hydrogen-bond acceptors (Lipinski definition) is 5. The number of furan rings is 1. The molecule has 0 fully saturated rings. The quantitative estimate of drug-likeness (QED) is 0.777. The number of halogens is 3. The van der Waals surface area contributed by atoms with E-state index < -0.39 is 12.0 Å². The van der Waals surface area contributed by atoms with Crippen molar-refractivity contribution < 1.29 is 22.4 Å². The number of nitrogens with zero attached hydrogens (tertiary/aromatic N) is 4. The number of carbonyl (C=O) groups is 1. The lowest BCUT2D eigenvalue weighted by Gasteiger charge is -2.10. The monoisotopic (exact) mass is 353 g/mol. The molecule has 3 aromatic rings. The summed E-state index contributed by atoms with van der Waals surface area (Å²) in [6.45, 7) is 3.41. The maximum atomic E-state index is 12.8. The second-order valence-corrected chi connectivity index (χ2v) is 5.44. The first-order valence-corrected chi connectivity index (χ1v) is 7.35. The van der Waals surface area contributed by atoms with Gasteiger partial charge in [0, 0.05) is 17.0 Å². The summed E-state index contributed by atoms with van der Waals surface area (Å²) in [5.74, 6) is -1.12. The first-order valence-electron chi connectivity index (χ1n) is 7.35. The standard InChI is InChI=1S/C15H14F3N5O2/c1-8-11(6-12(24)19-7-10-4-3-5-25-10)9(2)23-14(20-8)21-13(22-23)15(16,17)18/h3-5H,6-7H2,1-2H3,(H,19,24). The number of fused-ring (bicyclic) bond motifs is 1. The van der Waals surface area contributed by atoms with Gasteiger partial charge in [-0.15, -0.1) is 5.10 Å². The van der Waals surface area contributed by atoms with E-state index in [1.54, 1.807) is 26.0 Å². The molecule has 132 valence electrons. The van der Waals surface area contributed by atoms with Crippen molar-refractivity contribution in [3.8, 4) is 0 Å². The van der Waals surface area contributed by atoms with Gasteiger partial charge in [-0.2, -0.15) is 18.2 Å². The van der Waals surface area contributed by atoms with E-state index >= 15 is 0 Å². The van der Waals surface area contributed by atoms with Gasteiger partial charge in [0.25, 0.3) is 11.6 Å².